The largest absolute Gasteiger partial charge is 0.341 e. The summed E-state index contributed by atoms with van der Waals surface area (Å²) in [5.74, 6) is 2.44. The number of carbonyl (C=O) groups is 2. The molecule has 0 radical (unpaired) electrons. The van der Waals surface area contributed by atoms with Gasteiger partial charge in [0.05, 0.1) is 16.9 Å². The van der Waals surface area contributed by atoms with Gasteiger partial charge in [-0.2, -0.15) is 0 Å². The standard InChI is InChI=1S/C21H29N5O2S/c1-2-3-9-19(27)26-15-29-14-18(26)20(28)24-10-6-11-25(13-12-24)21-22-16-7-4-5-8-17(16)23-21/h4-5,7-8,18H,2-3,6,9-15H2,1H3,(H,22,23). The van der Waals surface area contributed by atoms with Crippen LogP contribution in [0, 0.1) is 0 Å². The van der Waals surface area contributed by atoms with Crippen LogP contribution in [0.4, 0.5) is 5.95 Å². The number of amides is 2. The zero-order valence-corrected chi connectivity index (χ0v) is 17.8. The fourth-order valence-electron chi connectivity index (χ4n) is 4.01. The summed E-state index contributed by atoms with van der Waals surface area (Å²) >= 11 is 1.68. The molecule has 1 unspecified atom stereocenters. The maximum atomic E-state index is 13.2. The smallest absolute Gasteiger partial charge is 0.246 e. The number of hydrogen-bond acceptors (Lipinski definition) is 5. The molecule has 156 valence electrons. The molecule has 0 aliphatic carbocycles. The van der Waals surface area contributed by atoms with Gasteiger partial charge in [-0.05, 0) is 25.0 Å². The van der Waals surface area contributed by atoms with Crippen molar-refractivity contribution in [1.82, 2.24) is 19.8 Å². The molecule has 0 saturated carbocycles. The van der Waals surface area contributed by atoms with Crippen LogP contribution in [0.25, 0.3) is 11.0 Å². The van der Waals surface area contributed by atoms with Crippen LogP contribution in [-0.2, 0) is 9.59 Å². The maximum Gasteiger partial charge on any atom is 0.246 e. The van der Waals surface area contributed by atoms with Gasteiger partial charge in [0.15, 0.2) is 0 Å². The summed E-state index contributed by atoms with van der Waals surface area (Å²) in [4.78, 5) is 39.8. The van der Waals surface area contributed by atoms with Crippen molar-refractivity contribution < 1.29 is 9.59 Å². The molecule has 2 saturated heterocycles. The number of anilines is 1. The van der Waals surface area contributed by atoms with Gasteiger partial charge >= 0.3 is 0 Å². The highest BCUT2D eigenvalue weighted by Crippen LogP contribution is 2.25. The van der Waals surface area contributed by atoms with E-state index in [1.165, 1.54) is 0 Å². The highest BCUT2D eigenvalue weighted by Gasteiger charge is 2.37. The molecule has 2 aromatic rings. The first-order valence-corrected chi connectivity index (χ1v) is 11.7. The van der Waals surface area contributed by atoms with Gasteiger partial charge in [0.1, 0.15) is 6.04 Å². The minimum atomic E-state index is -0.304. The number of imidazole rings is 1. The number of aromatic nitrogens is 2. The number of aromatic amines is 1. The summed E-state index contributed by atoms with van der Waals surface area (Å²) in [6, 6.07) is 7.72. The number of nitrogens with zero attached hydrogens (tertiary/aromatic N) is 4. The van der Waals surface area contributed by atoms with Gasteiger partial charge in [-0.15, -0.1) is 11.8 Å². The van der Waals surface area contributed by atoms with Gasteiger partial charge in [-0.25, -0.2) is 4.98 Å². The predicted octanol–water partition coefficient (Wildman–Crippen LogP) is 2.69. The molecule has 2 aliphatic rings. The predicted molar refractivity (Wildman–Crippen MR) is 117 cm³/mol. The Labute approximate surface area is 175 Å². The lowest BCUT2D eigenvalue weighted by Crippen LogP contribution is -2.49. The van der Waals surface area contributed by atoms with Crippen molar-refractivity contribution in [3.63, 3.8) is 0 Å². The summed E-state index contributed by atoms with van der Waals surface area (Å²) in [6.45, 7) is 5.08. The highest BCUT2D eigenvalue weighted by atomic mass is 32.2. The lowest BCUT2D eigenvalue weighted by atomic mass is 10.2. The maximum absolute atomic E-state index is 13.2. The van der Waals surface area contributed by atoms with E-state index in [0.717, 1.165) is 55.9 Å². The third-order valence-electron chi connectivity index (χ3n) is 5.72. The van der Waals surface area contributed by atoms with Crippen molar-refractivity contribution in [2.45, 2.75) is 38.6 Å². The Bertz CT molecular complexity index is 837. The zero-order valence-electron chi connectivity index (χ0n) is 17.0. The fraction of sp³-hybridized carbons (Fsp3) is 0.571. The molecular formula is C21H29N5O2S. The number of carbonyl (C=O) groups excluding carboxylic acids is 2. The van der Waals surface area contributed by atoms with Gasteiger partial charge in [-0.1, -0.05) is 25.5 Å². The Morgan fingerprint density at radius 2 is 2.07 bits per heavy atom. The highest BCUT2D eigenvalue weighted by molar-refractivity contribution is 7.99. The molecule has 8 heteroatoms. The van der Waals surface area contributed by atoms with E-state index in [-0.39, 0.29) is 17.9 Å². The monoisotopic (exact) mass is 415 g/mol. The lowest BCUT2D eigenvalue weighted by molar-refractivity contribution is -0.143. The first kappa shape index (κ1) is 20.1. The molecule has 1 N–H and O–H groups in total. The number of H-pyrrole nitrogens is 1. The number of rotatable bonds is 5. The van der Waals surface area contributed by atoms with Gasteiger partial charge in [0.25, 0.3) is 0 Å². The number of para-hydroxylation sites is 2. The van der Waals surface area contributed by atoms with E-state index < -0.39 is 0 Å². The minimum Gasteiger partial charge on any atom is -0.341 e. The Balaban J connectivity index is 1.40. The van der Waals surface area contributed by atoms with Crippen LogP contribution in [0.1, 0.15) is 32.6 Å². The molecule has 4 rings (SSSR count). The molecule has 1 aromatic carbocycles. The molecule has 0 spiro atoms. The first-order chi connectivity index (χ1) is 14.2. The van der Waals surface area contributed by atoms with Crippen molar-refractivity contribution in [3.05, 3.63) is 24.3 Å². The van der Waals surface area contributed by atoms with Crippen LogP contribution in [0.2, 0.25) is 0 Å². The third kappa shape index (κ3) is 4.37. The molecule has 2 fully saturated rings. The van der Waals surface area contributed by atoms with E-state index in [9.17, 15) is 9.59 Å². The summed E-state index contributed by atoms with van der Waals surface area (Å²) in [7, 11) is 0. The molecule has 29 heavy (non-hydrogen) atoms. The third-order valence-corrected chi connectivity index (χ3v) is 6.73. The number of nitrogens with one attached hydrogen (secondary N) is 1. The van der Waals surface area contributed by atoms with Gasteiger partial charge < -0.3 is 19.7 Å². The van der Waals surface area contributed by atoms with Crippen LogP contribution in [-0.4, -0.2) is 75.4 Å². The van der Waals surface area contributed by atoms with Crippen molar-refractivity contribution in [2.75, 3.05) is 42.7 Å². The second-order valence-electron chi connectivity index (χ2n) is 7.73. The van der Waals surface area contributed by atoms with Crippen LogP contribution in [0.15, 0.2) is 24.3 Å². The summed E-state index contributed by atoms with van der Waals surface area (Å²) in [6.07, 6.45) is 3.32. The molecular weight excluding hydrogens is 386 g/mol. The van der Waals surface area contributed by atoms with Gasteiger partial charge in [0.2, 0.25) is 17.8 Å². The van der Waals surface area contributed by atoms with Crippen molar-refractivity contribution in [3.8, 4) is 0 Å². The fourth-order valence-corrected chi connectivity index (χ4v) is 5.19. The summed E-state index contributed by atoms with van der Waals surface area (Å²) < 4.78 is 0. The molecule has 2 amide bonds. The van der Waals surface area contributed by atoms with E-state index in [1.807, 2.05) is 29.2 Å². The average Bonchev–Trinajstić information content (AvgIpc) is 3.32. The topological polar surface area (TPSA) is 72.5 Å². The summed E-state index contributed by atoms with van der Waals surface area (Å²) in [5, 5.41) is 0. The molecule has 3 heterocycles. The molecule has 0 bridgehead atoms. The second-order valence-corrected chi connectivity index (χ2v) is 8.73. The number of thioether (sulfide) groups is 1. The molecule has 1 atom stereocenters. The van der Waals surface area contributed by atoms with Crippen molar-refractivity contribution in [2.24, 2.45) is 0 Å². The Hall–Kier alpha value is -2.22. The molecule has 7 nitrogen and oxygen atoms in total. The van der Waals surface area contributed by atoms with Crippen molar-refractivity contribution in [1.29, 1.82) is 0 Å². The number of benzene rings is 1. The van der Waals surface area contributed by atoms with Gasteiger partial charge in [-0.3, -0.25) is 9.59 Å². The average molecular weight is 416 g/mol. The minimum absolute atomic E-state index is 0.103. The Morgan fingerprint density at radius 1 is 1.21 bits per heavy atom. The van der Waals surface area contributed by atoms with Crippen LogP contribution in [0.3, 0.4) is 0 Å². The van der Waals surface area contributed by atoms with E-state index in [0.29, 0.717) is 24.6 Å². The van der Waals surface area contributed by atoms with E-state index in [4.69, 9.17) is 4.98 Å². The van der Waals surface area contributed by atoms with Gasteiger partial charge in [0, 0.05) is 38.4 Å². The van der Waals surface area contributed by atoms with Crippen LogP contribution in [0.5, 0.6) is 0 Å². The second kappa shape index (κ2) is 9.07. The normalized spacial score (nSPS) is 20.3. The SMILES string of the molecule is CCCCC(=O)N1CSCC1C(=O)N1CCCN(c2nc3ccccc3[nH]2)CC1. The van der Waals surface area contributed by atoms with E-state index in [2.05, 4.69) is 16.8 Å². The lowest BCUT2D eigenvalue weighted by Gasteiger charge is -2.29. The summed E-state index contributed by atoms with van der Waals surface area (Å²) in [5.41, 5.74) is 1.99. The van der Waals surface area contributed by atoms with Crippen molar-refractivity contribution >= 4 is 40.6 Å². The number of fused-ring (bicyclic) bond motifs is 1. The first-order valence-electron chi connectivity index (χ1n) is 10.5. The number of hydrogen-bond donors (Lipinski definition) is 1. The molecule has 1 aromatic heterocycles. The van der Waals surface area contributed by atoms with E-state index >= 15 is 0 Å². The Kier molecular flexibility index (Phi) is 6.28. The zero-order chi connectivity index (χ0) is 20.2. The Morgan fingerprint density at radius 3 is 2.90 bits per heavy atom. The molecule has 2 aliphatic heterocycles. The van der Waals surface area contributed by atoms with Crippen LogP contribution >= 0.6 is 11.8 Å². The number of unbranched alkanes of at least 4 members (excludes halogenated alkanes) is 1. The quantitative estimate of drug-likeness (QED) is 0.813. The van der Waals surface area contributed by atoms with Crippen LogP contribution < -0.4 is 4.90 Å². The van der Waals surface area contributed by atoms with E-state index in [1.54, 1.807) is 16.7 Å².